The number of aromatic nitrogens is 4. The van der Waals surface area contributed by atoms with E-state index in [-0.39, 0.29) is 5.88 Å². The van der Waals surface area contributed by atoms with E-state index in [4.69, 9.17) is 4.74 Å². The molecule has 0 atom stereocenters. The number of hydrogen-bond donors (Lipinski definition) is 1. The van der Waals surface area contributed by atoms with Gasteiger partial charge in [-0.15, -0.1) is 11.3 Å². The molecule has 0 saturated heterocycles. The molecule has 0 aliphatic carbocycles. The molecule has 0 fully saturated rings. The largest absolute Gasteiger partial charge is 0.465 e. The number of rotatable bonds is 7. The summed E-state index contributed by atoms with van der Waals surface area (Å²) in [6.45, 7) is 0.593. The summed E-state index contributed by atoms with van der Waals surface area (Å²) in [6, 6.07) is 7.51. The van der Waals surface area contributed by atoms with Gasteiger partial charge in [-0.1, -0.05) is 12.1 Å². The van der Waals surface area contributed by atoms with E-state index in [0.717, 1.165) is 29.2 Å². The summed E-state index contributed by atoms with van der Waals surface area (Å²) in [5.74, 6) is -0.460. The first-order chi connectivity index (χ1) is 15.8. The highest BCUT2D eigenvalue weighted by Gasteiger charge is 2.36. The van der Waals surface area contributed by atoms with Crippen LogP contribution in [0.2, 0.25) is 0 Å². The van der Waals surface area contributed by atoms with Crippen LogP contribution in [0.15, 0.2) is 48.4 Å². The molecule has 1 N–H and O–H groups in total. The van der Waals surface area contributed by atoms with Gasteiger partial charge in [-0.2, -0.15) is 13.2 Å². The van der Waals surface area contributed by atoms with Crippen molar-refractivity contribution in [1.29, 1.82) is 0 Å². The lowest BCUT2D eigenvalue weighted by Gasteiger charge is -2.13. The van der Waals surface area contributed by atoms with Crippen molar-refractivity contribution in [3.05, 3.63) is 65.1 Å². The molecule has 170 valence electrons. The molecule has 0 bridgehead atoms. The van der Waals surface area contributed by atoms with Gasteiger partial charge in [0.15, 0.2) is 5.82 Å². The van der Waals surface area contributed by atoms with E-state index in [1.807, 2.05) is 0 Å². The fourth-order valence-electron chi connectivity index (χ4n) is 2.99. The zero-order valence-corrected chi connectivity index (χ0v) is 17.9. The smallest absolute Gasteiger partial charge is 0.417 e. The molecule has 3 aromatic heterocycles. The number of benzene rings is 1. The third-order valence-electron chi connectivity index (χ3n) is 4.58. The quantitative estimate of drug-likeness (QED) is 0.383. The van der Waals surface area contributed by atoms with Crippen molar-refractivity contribution in [2.45, 2.75) is 12.6 Å². The maximum atomic E-state index is 13.3. The first-order valence-electron chi connectivity index (χ1n) is 9.55. The van der Waals surface area contributed by atoms with Crippen molar-refractivity contribution < 1.29 is 27.4 Å². The number of nitrogens with zero attached hydrogens (tertiary/aromatic N) is 4. The van der Waals surface area contributed by atoms with Gasteiger partial charge in [-0.25, -0.2) is 24.7 Å². The van der Waals surface area contributed by atoms with Crippen LogP contribution >= 0.6 is 11.3 Å². The van der Waals surface area contributed by atoms with Crippen LogP contribution in [0.1, 0.15) is 21.5 Å². The van der Waals surface area contributed by atoms with Crippen molar-refractivity contribution >= 4 is 33.5 Å². The van der Waals surface area contributed by atoms with Crippen molar-refractivity contribution in [2.75, 3.05) is 19.0 Å². The third kappa shape index (κ3) is 5.17. The van der Waals surface area contributed by atoms with Crippen LogP contribution in [0.3, 0.4) is 0 Å². The van der Waals surface area contributed by atoms with Gasteiger partial charge in [0.05, 0.1) is 23.7 Å². The van der Waals surface area contributed by atoms with Crippen molar-refractivity contribution in [2.24, 2.45) is 0 Å². The minimum absolute atomic E-state index is 0.291. The van der Waals surface area contributed by atoms with Crippen LogP contribution < -0.4 is 10.1 Å². The van der Waals surface area contributed by atoms with Gasteiger partial charge >= 0.3 is 12.1 Å². The summed E-state index contributed by atoms with van der Waals surface area (Å²) in [4.78, 5) is 28.8. The van der Waals surface area contributed by atoms with E-state index in [9.17, 15) is 18.0 Å². The average Bonchev–Trinajstić information content (AvgIpc) is 3.29. The fourth-order valence-corrected chi connectivity index (χ4v) is 3.62. The van der Waals surface area contributed by atoms with E-state index >= 15 is 0 Å². The zero-order chi connectivity index (χ0) is 23.4. The number of ether oxygens (including phenoxy) is 2. The van der Waals surface area contributed by atoms with Gasteiger partial charge in [0.25, 0.3) is 0 Å². The highest BCUT2D eigenvalue weighted by atomic mass is 32.1. The fraction of sp³-hybridized carbons (Fsp3) is 0.190. The molecule has 0 spiro atoms. The Kier molecular flexibility index (Phi) is 6.36. The summed E-state index contributed by atoms with van der Waals surface area (Å²) in [6.07, 6.45) is -1.84. The Morgan fingerprint density at radius 2 is 1.91 bits per heavy atom. The molecule has 0 amide bonds. The summed E-state index contributed by atoms with van der Waals surface area (Å²) < 4.78 is 49.8. The Hall–Kier alpha value is -3.80. The molecular formula is C21H16F3N5O3S. The summed E-state index contributed by atoms with van der Waals surface area (Å²) >= 11 is 1.43. The summed E-state index contributed by atoms with van der Waals surface area (Å²) in [5.41, 5.74) is 1.54. The zero-order valence-electron chi connectivity index (χ0n) is 17.1. The molecule has 0 unspecified atom stereocenters. The maximum Gasteiger partial charge on any atom is 0.417 e. The molecule has 4 aromatic rings. The average molecular weight is 475 g/mol. The second kappa shape index (κ2) is 9.36. The molecule has 8 nitrogen and oxygen atoms in total. The molecule has 12 heteroatoms. The number of pyridine rings is 1. The number of carbonyl (C=O) groups is 1. The molecule has 3 heterocycles. The number of methoxy groups -OCH3 is 1. The van der Waals surface area contributed by atoms with Gasteiger partial charge in [-0.3, -0.25) is 0 Å². The molecule has 0 aliphatic rings. The van der Waals surface area contributed by atoms with E-state index < -0.39 is 23.3 Å². The first-order valence-corrected chi connectivity index (χ1v) is 10.4. The second-order valence-corrected chi connectivity index (χ2v) is 7.54. The highest BCUT2D eigenvalue weighted by Crippen LogP contribution is 2.34. The topological polar surface area (TPSA) is 99.1 Å². The number of thiazole rings is 1. The monoisotopic (exact) mass is 475 g/mol. The normalized spacial score (nSPS) is 11.4. The lowest BCUT2D eigenvalue weighted by atomic mass is 10.1. The number of halogens is 3. The van der Waals surface area contributed by atoms with E-state index in [0.29, 0.717) is 30.6 Å². The maximum absolute atomic E-state index is 13.3. The van der Waals surface area contributed by atoms with Crippen LogP contribution in [0.5, 0.6) is 11.6 Å². The standard InChI is InChI=1S/C21H16F3N5O3S/c1-31-20(30)14-9-26-16(8-15(14)21(22,23)24)32-13-4-2-12(3-5-13)6-7-25-18-17-19(28-10-27-18)33-11-29-17/h2-5,8-11H,6-7H2,1H3,(H,25,27,28). The Bertz CT molecular complexity index is 1280. The van der Waals surface area contributed by atoms with Crippen molar-refractivity contribution in [1.82, 2.24) is 19.9 Å². The van der Waals surface area contributed by atoms with Gasteiger partial charge in [0.2, 0.25) is 5.88 Å². The Morgan fingerprint density at radius 3 is 2.64 bits per heavy atom. The molecule has 4 rings (SSSR count). The minimum atomic E-state index is -4.77. The predicted octanol–water partition coefficient (Wildman–Crippen LogP) is 4.73. The summed E-state index contributed by atoms with van der Waals surface area (Å²) in [7, 11) is 0.997. The number of anilines is 1. The third-order valence-corrected chi connectivity index (χ3v) is 5.31. The minimum Gasteiger partial charge on any atom is -0.465 e. The molecule has 0 radical (unpaired) electrons. The number of fused-ring (bicyclic) bond motifs is 1. The lowest BCUT2D eigenvalue weighted by molar-refractivity contribution is -0.138. The summed E-state index contributed by atoms with van der Waals surface area (Å²) in [5, 5.41) is 3.22. The predicted molar refractivity (Wildman–Crippen MR) is 114 cm³/mol. The number of esters is 1. The lowest BCUT2D eigenvalue weighted by Crippen LogP contribution is -2.15. The molecular weight excluding hydrogens is 459 g/mol. The number of nitrogens with one attached hydrogen (secondary N) is 1. The SMILES string of the molecule is COC(=O)c1cnc(Oc2ccc(CCNc3ncnc4scnc34)cc2)cc1C(F)(F)F. The number of alkyl halides is 3. The van der Waals surface area contributed by atoms with E-state index in [1.165, 1.54) is 17.7 Å². The highest BCUT2D eigenvalue weighted by molar-refractivity contribution is 7.16. The van der Waals surface area contributed by atoms with Crippen LogP contribution in [-0.2, 0) is 17.3 Å². The van der Waals surface area contributed by atoms with Gasteiger partial charge < -0.3 is 14.8 Å². The second-order valence-electron chi connectivity index (χ2n) is 6.71. The molecule has 0 aliphatic heterocycles. The van der Waals surface area contributed by atoms with Gasteiger partial charge in [0, 0.05) is 18.8 Å². The van der Waals surface area contributed by atoms with Gasteiger partial charge in [0.1, 0.15) is 22.4 Å². The Morgan fingerprint density at radius 1 is 1.12 bits per heavy atom. The first kappa shape index (κ1) is 22.4. The number of carbonyl (C=O) groups excluding carboxylic acids is 1. The van der Waals surface area contributed by atoms with Crippen LogP contribution in [0, 0.1) is 0 Å². The molecule has 33 heavy (non-hydrogen) atoms. The van der Waals surface area contributed by atoms with Crippen LogP contribution in [-0.4, -0.2) is 39.6 Å². The Balaban J connectivity index is 1.40. The van der Waals surface area contributed by atoms with Crippen molar-refractivity contribution in [3.63, 3.8) is 0 Å². The van der Waals surface area contributed by atoms with Crippen LogP contribution in [0.25, 0.3) is 10.3 Å². The van der Waals surface area contributed by atoms with E-state index in [1.54, 1.807) is 29.8 Å². The molecule has 1 aromatic carbocycles. The number of hydrogen-bond acceptors (Lipinski definition) is 9. The van der Waals surface area contributed by atoms with Crippen molar-refractivity contribution in [3.8, 4) is 11.6 Å². The van der Waals surface area contributed by atoms with Gasteiger partial charge in [-0.05, 0) is 24.1 Å². The molecule has 0 saturated carbocycles. The van der Waals surface area contributed by atoms with Crippen LogP contribution in [0.4, 0.5) is 19.0 Å². The van der Waals surface area contributed by atoms with E-state index in [2.05, 4.69) is 30.0 Å². The Labute approximate surface area is 189 Å².